The third kappa shape index (κ3) is 3.49. The molecule has 122 valence electrons. The molecule has 1 saturated heterocycles. The van der Waals surface area contributed by atoms with E-state index in [4.69, 9.17) is 34.4 Å². The van der Waals surface area contributed by atoms with Crippen LogP contribution in [0.1, 0.15) is 10.9 Å². The molecule has 0 N–H and O–H groups in total. The smallest absolute Gasteiger partial charge is 0.238 e. The number of benzene rings is 2. The molecule has 2 aromatic carbocycles. The summed E-state index contributed by atoms with van der Waals surface area (Å²) < 4.78 is 5.38. The highest BCUT2D eigenvalue weighted by atomic mass is 35.5. The third-order valence-corrected chi connectivity index (χ3v) is 5.28. The van der Waals surface area contributed by atoms with E-state index in [2.05, 4.69) is 5.92 Å². The predicted octanol–water partition coefficient (Wildman–Crippen LogP) is 4.78. The Labute approximate surface area is 154 Å². The Balaban J connectivity index is 1.90. The van der Waals surface area contributed by atoms with Crippen molar-refractivity contribution in [3.8, 4) is 18.1 Å². The summed E-state index contributed by atoms with van der Waals surface area (Å²) in [6.07, 6.45) is 5.19. The minimum Gasteiger partial charge on any atom is -0.479 e. The van der Waals surface area contributed by atoms with E-state index in [-0.39, 0.29) is 17.9 Å². The highest BCUT2D eigenvalue weighted by Gasteiger charge is 2.34. The molecule has 0 aromatic heterocycles. The van der Waals surface area contributed by atoms with Gasteiger partial charge in [-0.3, -0.25) is 9.69 Å². The van der Waals surface area contributed by atoms with E-state index in [9.17, 15) is 4.79 Å². The van der Waals surface area contributed by atoms with Crippen LogP contribution in [0.4, 0.5) is 5.69 Å². The summed E-state index contributed by atoms with van der Waals surface area (Å²) in [5.41, 5.74) is 1.74. The average Bonchev–Trinajstić information content (AvgIpc) is 2.96. The number of hydrogen-bond donors (Lipinski definition) is 0. The number of nitrogens with zero attached hydrogens (tertiary/aromatic N) is 1. The highest BCUT2D eigenvalue weighted by Crippen LogP contribution is 2.43. The Bertz CT molecular complexity index is 802. The number of rotatable bonds is 4. The summed E-state index contributed by atoms with van der Waals surface area (Å²) in [6.45, 7) is 0.159. The number of hydrogen-bond acceptors (Lipinski definition) is 3. The van der Waals surface area contributed by atoms with Crippen LogP contribution in [0, 0.1) is 12.3 Å². The van der Waals surface area contributed by atoms with Crippen LogP contribution < -0.4 is 9.64 Å². The van der Waals surface area contributed by atoms with Crippen LogP contribution in [0.2, 0.25) is 10.0 Å². The van der Waals surface area contributed by atoms with Gasteiger partial charge in [-0.15, -0.1) is 18.2 Å². The van der Waals surface area contributed by atoms with Crippen molar-refractivity contribution in [2.24, 2.45) is 0 Å². The van der Waals surface area contributed by atoms with Crippen molar-refractivity contribution >= 4 is 46.6 Å². The fourth-order valence-corrected chi connectivity index (χ4v) is 4.00. The van der Waals surface area contributed by atoms with Gasteiger partial charge in [0.25, 0.3) is 0 Å². The van der Waals surface area contributed by atoms with Gasteiger partial charge in [0, 0.05) is 10.7 Å². The fourth-order valence-electron chi connectivity index (χ4n) is 2.46. The van der Waals surface area contributed by atoms with Crippen molar-refractivity contribution < 1.29 is 9.53 Å². The molecule has 1 aliphatic rings. The molecule has 1 heterocycles. The van der Waals surface area contributed by atoms with Crippen LogP contribution in [-0.2, 0) is 4.79 Å². The van der Waals surface area contributed by atoms with E-state index in [1.54, 1.807) is 34.9 Å². The van der Waals surface area contributed by atoms with Crippen LogP contribution in [-0.4, -0.2) is 18.3 Å². The summed E-state index contributed by atoms with van der Waals surface area (Å²) in [4.78, 5) is 14.1. The molecule has 1 atom stereocenters. The summed E-state index contributed by atoms with van der Waals surface area (Å²) in [7, 11) is 0. The number of thioether (sulfide) groups is 1. The van der Waals surface area contributed by atoms with Crippen molar-refractivity contribution in [3.63, 3.8) is 0 Å². The van der Waals surface area contributed by atoms with Gasteiger partial charge in [-0.25, -0.2) is 0 Å². The Morgan fingerprint density at radius 2 is 2.00 bits per heavy atom. The zero-order valence-corrected chi connectivity index (χ0v) is 14.9. The number of carbonyl (C=O) groups excluding carboxylic acids is 1. The normalized spacial score (nSPS) is 17.0. The quantitative estimate of drug-likeness (QED) is 0.717. The van der Waals surface area contributed by atoms with Crippen molar-refractivity contribution in [1.29, 1.82) is 0 Å². The number of anilines is 1. The average molecular weight is 378 g/mol. The van der Waals surface area contributed by atoms with E-state index in [1.807, 2.05) is 24.3 Å². The fraction of sp³-hybridized carbons (Fsp3) is 0.167. The summed E-state index contributed by atoms with van der Waals surface area (Å²) in [5.74, 6) is 3.41. The maximum absolute atomic E-state index is 12.3. The SMILES string of the molecule is C#CCOc1ccc([C@@H]2SCC(=O)N2c2ccc(Cl)cc2)cc1Cl. The first-order valence-electron chi connectivity index (χ1n) is 7.15. The molecule has 6 heteroatoms. The van der Waals surface area contributed by atoms with Crippen LogP contribution in [0.15, 0.2) is 42.5 Å². The summed E-state index contributed by atoms with van der Waals surface area (Å²) in [5, 5.41) is 0.962. The summed E-state index contributed by atoms with van der Waals surface area (Å²) in [6, 6.07) is 12.7. The van der Waals surface area contributed by atoms with E-state index in [1.165, 1.54) is 0 Å². The number of carbonyl (C=O) groups is 1. The van der Waals surface area contributed by atoms with E-state index in [0.29, 0.717) is 21.5 Å². The molecule has 0 radical (unpaired) electrons. The predicted molar refractivity (Wildman–Crippen MR) is 99.9 cm³/mol. The largest absolute Gasteiger partial charge is 0.479 e. The Morgan fingerprint density at radius 3 is 2.67 bits per heavy atom. The second-order valence-electron chi connectivity index (χ2n) is 5.09. The number of amides is 1. The molecule has 1 aliphatic heterocycles. The van der Waals surface area contributed by atoms with Gasteiger partial charge in [-0.1, -0.05) is 35.2 Å². The van der Waals surface area contributed by atoms with Crippen molar-refractivity contribution in [3.05, 3.63) is 58.1 Å². The molecule has 0 spiro atoms. The third-order valence-electron chi connectivity index (χ3n) is 3.52. The van der Waals surface area contributed by atoms with Crippen molar-refractivity contribution in [2.75, 3.05) is 17.3 Å². The number of ether oxygens (including phenoxy) is 1. The van der Waals surface area contributed by atoms with Gasteiger partial charge in [-0.05, 0) is 42.0 Å². The molecule has 24 heavy (non-hydrogen) atoms. The van der Waals surface area contributed by atoms with Crippen molar-refractivity contribution in [2.45, 2.75) is 5.37 Å². The monoisotopic (exact) mass is 377 g/mol. The molecular weight excluding hydrogens is 365 g/mol. The summed E-state index contributed by atoms with van der Waals surface area (Å²) >= 11 is 13.8. The van der Waals surface area contributed by atoms with Gasteiger partial charge in [-0.2, -0.15) is 0 Å². The molecule has 3 nitrogen and oxygen atoms in total. The molecule has 0 bridgehead atoms. The lowest BCUT2D eigenvalue weighted by Crippen LogP contribution is -2.27. The van der Waals surface area contributed by atoms with E-state index in [0.717, 1.165) is 11.3 Å². The minimum atomic E-state index is -0.141. The molecule has 3 rings (SSSR count). The van der Waals surface area contributed by atoms with E-state index < -0.39 is 0 Å². The molecule has 1 amide bonds. The van der Waals surface area contributed by atoms with Gasteiger partial charge < -0.3 is 4.74 Å². The van der Waals surface area contributed by atoms with Crippen LogP contribution in [0.5, 0.6) is 5.75 Å². The lowest BCUT2D eigenvalue weighted by atomic mass is 10.1. The molecule has 2 aromatic rings. The second-order valence-corrected chi connectivity index (χ2v) is 7.00. The van der Waals surface area contributed by atoms with Crippen molar-refractivity contribution in [1.82, 2.24) is 0 Å². The molecule has 1 fully saturated rings. The second kappa shape index (κ2) is 7.40. The Kier molecular flexibility index (Phi) is 5.25. The zero-order valence-electron chi connectivity index (χ0n) is 12.5. The van der Waals surface area contributed by atoms with Crippen LogP contribution >= 0.6 is 35.0 Å². The van der Waals surface area contributed by atoms with Gasteiger partial charge >= 0.3 is 0 Å². The minimum absolute atomic E-state index is 0.0519. The van der Waals surface area contributed by atoms with Gasteiger partial charge in [0.2, 0.25) is 5.91 Å². The first-order chi connectivity index (χ1) is 11.6. The number of halogens is 2. The molecular formula is C18H13Cl2NO2S. The Hall–Kier alpha value is -1.80. The van der Waals surface area contributed by atoms with Gasteiger partial charge in [0.05, 0.1) is 10.8 Å². The van der Waals surface area contributed by atoms with Gasteiger partial charge in [0.1, 0.15) is 17.7 Å². The highest BCUT2D eigenvalue weighted by molar-refractivity contribution is 8.00. The lowest BCUT2D eigenvalue weighted by molar-refractivity contribution is -0.115. The Morgan fingerprint density at radius 1 is 1.25 bits per heavy atom. The first kappa shape index (κ1) is 17.0. The van der Waals surface area contributed by atoms with E-state index >= 15 is 0 Å². The molecule has 0 unspecified atom stereocenters. The van der Waals surface area contributed by atoms with Crippen LogP contribution in [0.3, 0.4) is 0 Å². The molecule has 0 aliphatic carbocycles. The van der Waals surface area contributed by atoms with Gasteiger partial charge in [0.15, 0.2) is 0 Å². The lowest BCUT2D eigenvalue weighted by Gasteiger charge is -2.24. The zero-order chi connectivity index (χ0) is 17.1. The number of terminal acetylenes is 1. The maximum Gasteiger partial charge on any atom is 0.238 e. The first-order valence-corrected chi connectivity index (χ1v) is 8.95. The topological polar surface area (TPSA) is 29.5 Å². The maximum atomic E-state index is 12.3. The van der Waals surface area contributed by atoms with Crippen LogP contribution in [0.25, 0.3) is 0 Å². The molecule has 0 saturated carbocycles. The standard InChI is InChI=1S/C18H13Cl2NO2S/c1-2-9-23-16-8-3-12(10-15(16)20)18-21(17(22)11-24-18)14-6-4-13(19)5-7-14/h1,3-8,10,18H,9,11H2/t18-/m0/s1.